The smallest absolute Gasteiger partial charge is 0.317 e. The molecule has 0 fully saturated rings. The van der Waals surface area contributed by atoms with Crippen molar-refractivity contribution in [2.75, 3.05) is 27.3 Å². The third kappa shape index (κ3) is 4.89. The zero-order valence-corrected chi connectivity index (χ0v) is 16.2. The maximum atomic E-state index is 13.5. The van der Waals surface area contributed by atoms with Gasteiger partial charge in [0.05, 0.1) is 12.6 Å². The van der Waals surface area contributed by atoms with Crippen molar-refractivity contribution in [1.82, 2.24) is 15.2 Å². The molecular formula is C22H26FN3O2. The van der Waals surface area contributed by atoms with Crippen LogP contribution in [-0.2, 0) is 17.6 Å². The Bertz CT molecular complexity index is 911. The number of amides is 2. The second-order valence-electron chi connectivity index (χ2n) is 6.90. The number of hydrogen-bond donors (Lipinski definition) is 2. The van der Waals surface area contributed by atoms with Gasteiger partial charge in [-0.25, -0.2) is 9.18 Å². The average molecular weight is 383 g/mol. The predicted octanol–water partition coefficient (Wildman–Crippen LogP) is 3.75. The van der Waals surface area contributed by atoms with Crippen LogP contribution in [-0.4, -0.2) is 49.3 Å². The molecular weight excluding hydrogens is 357 g/mol. The zero-order chi connectivity index (χ0) is 19.9. The van der Waals surface area contributed by atoms with Gasteiger partial charge >= 0.3 is 6.03 Å². The van der Waals surface area contributed by atoms with Gasteiger partial charge < -0.3 is 19.9 Å². The quantitative estimate of drug-likeness (QED) is 0.622. The van der Waals surface area contributed by atoms with Gasteiger partial charge in [0, 0.05) is 37.8 Å². The van der Waals surface area contributed by atoms with Gasteiger partial charge in [0.1, 0.15) is 5.82 Å². The van der Waals surface area contributed by atoms with E-state index in [4.69, 9.17) is 4.74 Å². The number of aromatic nitrogens is 1. The molecule has 2 aromatic carbocycles. The fraction of sp³-hybridized carbons (Fsp3) is 0.318. The van der Waals surface area contributed by atoms with Gasteiger partial charge in [-0.2, -0.15) is 0 Å². The highest BCUT2D eigenvalue weighted by Crippen LogP contribution is 2.19. The third-order valence-corrected chi connectivity index (χ3v) is 4.94. The summed E-state index contributed by atoms with van der Waals surface area (Å²) in [5.41, 5.74) is 3.03. The van der Waals surface area contributed by atoms with E-state index in [1.54, 1.807) is 25.1 Å². The summed E-state index contributed by atoms with van der Waals surface area (Å²) in [7, 11) is 3.42. The van der Waals surface area contributed by atoms with Gasteiger partial charge in [-0.3, -0.25) is 0 Å². The van der Waals surface area contributed by atoms with Crippen molar-refractivity contribution in [1.29, 1.82) is 0 Å². The number of aromatic amines is 1. The summed E-state index contributed by atoms with van der Waals surface area (Å²) in [4.78, 5) is 17.4. The molecule has 0 radical (unpaired) electrons. The number of urea groups is 1. The monoisotopic (exact) mass is 383 g/mol. The summed E-state index contributed by atoms with van der Waals surface area (Å²) in [6.45, 7) is 0.929. The van der Waals surface area contributed by atoms with Gasteiger partial charge in [0.2, 0.25) is 0 Å². The number of nitrogens with one attached hydrogen (secondary N) is 2. The first-order chi connectivity index (χ1) is 13.6. The van der Waals surface area contributed by atoms with Gasteiger partial charge in [-0.1, -0.05) is 30.3 Å². The van der Waals surface area contributed by atoms with Crippen LogP contribution in [0.15, 0.2) is 54.7 Å². The van der Waals surface area contributed by atoms with Crippen LogP contribution in [0.4, 0.5) is 9.18 Å². The lowest BCUT2D eigenvalue weighted by atomic mass is 10.1. The number of methoxy groups -OCH3 is 1. The molecule has 2 amide bonds. The highest BCUT2D eigenvalue weighted by atomic mass is 19.1. The molecule has 0 saturated carbocycles. The molecule has 0 spiro atoms. The van der Waals surface area contributed by atoms with E-state index in [9.17, 15) is 9.18 Å². The molecule has 6 heteroatoms. The third-order valence-electron chi connectivity index (χ3n) is 4.94. The average Bonchev–Trinajstić information content (AvgIpc) is 3.10. The minimum Gasteiger partial charge on any atom is -0.383 e. The summed E-state index contributed by atoms with van der Waals surface area (Å²) in [5.74, 6) is -0.263. The minimum atomic E-state index is -0.263. The number of fused-ring (bicyclic) bond motifs is 1. The highest BCUT2D eigenvalue weighted by molar-refractivity contribution is 5.83. The fourth-order valence-electron chi connectivity index (χ4n) is 3.34. The van der Waals surface area contributed by atoms with Crippen molar-refractivity contribution in [3.8, 4) is 0 Å². The van der Waals surface area contributed by atoms with Crippen molar-refractivity contribution in [2.45, 2.75) is 18.9 Å². The Morgan fingerprint density at radius 2 is 2.04 bits per heavy atom. The van der Waals surface area contributed by atoms with E-state index in [1.807, 2.05) is 36.5 Å². The Balaban J connectivity index is 1.56. The molecule has 1 atom stereocenters. The second-order valence-corrected chi connectivity index (χ2v) is 6.90. The van der Waals surface area contributed by atoms with Crippen molar-refractivity contribution < 1.29 is 13.9 Å². The first-order valence-corrected chi connectivity index (χ1v) is 9.37. The molecule has 28 heavy (non-hydrogen) atoms. The molecule has 0 aliphatic heterocycles. The van der Waals surface area contributed by atoms with Crippen LogP contribution in [0.2, 0.25) is 0 Å². The molecule has 3 rings (SSSR count). The van der Waals surface area contributed by atoms with E-state index >= 15 is 0 Å². The van der Waals surface area contributed by atoms with Crippen LogP contribution in [0.3, 0.4) is 0 Å². The number of likely N-dealkylation sites (N-methyl/N-ethyl adjacent to an activating group) is 1. The van der Waals surface area contributed by atoms with Crippen LogP contribution in [0.1, 0.15) is 11.1 Å². The summed E-state index contributed by atoms with van der Waals surface area (Å²) in [5, 5.41) is 3.80. The fourth-order valence-corrected chi connectivity index (χ4v) is 3.34. The van der Waals surface area contributed by atoms with E-state index in [2.05, 4.69) is 10.3 Å². The van der Waals surface area contributed by atoms with E-state index in [0.29, 0.717) is 19.6 Å². The number of nitrogens with zero attached hydrogens (tertiary/aromatic N) is 1. The molecule has 5 nitrogen and oxygen atoms in total. The van der Waals surface area contributed by atoms with Crippen LogP contribution >= 0.6 is 0 Å². The molecule has 1 aromatic heterocycles. The van der Waals surface area contributed by atoms with E-state index in [-0.39, 0.29) is 17.9 Å². The van der Waals surface area contributed by atoms with E-state index in [1.165, 1.54) is 12.1 Å². The summed E-state index contributed by atoms with van der Waals surface area (Å²) in [6.07, 6.45) is 3.21. The molecule has 1 heterocycles. The molecule has 0 saturated heterocycles. The Labute approximate surface area is 164 Å². The number of carbonyl (C=O) groups excluding carboxylic acids is 1. The number of benzene rings is 2. The number of carbonyl (C=O) groups is 1. The lowest BCUT2D eigenvalue weighted by Gasteiger charge is -2.28. The molecule has 2 N–H and O–H groups in total. The normalized spacial score (nSPS) is 12.1. The lowest BCUT2D eigenvalue weighted by Crippen LogP contribution is -2.47. The maximum Gasteiger partial charge on any atom is 0.317 e. The standard InChI is InChI=1S/C22H26FN3O2/c1-26(19(15-28-2)12-16-6-4-3-5-7-16)22(27)24-11-10-17-14-25-21-9-8-18(23)13-20(17)21/h3-9,13-14,19,25H,10-12,15H2,1-2H3,(H,24,27). The zero-order valence-electron chi connectivity index (χ0n) is 16.2. The Morgan fingerprint density at radius 1 is 1.25 bits per heavy atom. The summed E-state index contributed by atoms with van der Waals surface area (Å²) < 4.78 is 18.8. The maximum absolute atomic E-state index is 13.5. The summed E-state index contributed by atoms with van der Waals surface area (Å²) >= 11 is 0. The minimum absolute atomic E-state index is 0.0606. The predicted molar refractivity (Wildman–Crippen MR) is 109 cm³/mol. The second kappa shape index (κ2) is 9.37. The number of hydrogen-bond acceptors (Lipinski definition) is 2. The number of rotatable bonds is 8. The van der Waals surface area contributed by atoms with Gasteiger partial charge in [0.25, 0.3) is 0 Å². The van der Waals surface area contributed by atoms with Gasteiger partial charge in [-0.05, 0) is 42.2 Å². The first-order valence-electron chi connectivity index (χ1n) is 9.37. The topological polar surface area (TPSA) is 57.4 Å². The molecule has 0 aliphatic rings. The Hall–Kier alpha value is -2.86. The van der Waals surface area contributed by atoms with Crippen LogP contribution < -0.4 is 5.32 Å². The van der Waals surface area contributed by atoms with E-state index < -0.39 is 0 Å². The molecule has 0 aliphatic carbocycles. The van der Waals surface area contributed by atoms with Crippen molar-refractivity contribution in [3.05, 3.63) is 71.7 Å². The van der Waals surface area contributed by atoms with Crippen molar-refractivity contribution in [3.63, 3.8) is 0 Å². The molecule has 0 bridgehead atoms. The van der Waals surface area contributed by atoms with Crippen molar-refractivity contribution in [2.24, 2.45) is 0 Å². The van der Waals surface area contributed by atoms with Crippen LogP contribution in [0, 0.1) is 5.82 Å². The number of ether oxygens (including phenoxy) is 1. The Kier molecular flexibility index (Phi) is 6.66. The van der Waals surface area contributed by atoms with Crippen molar-refractivity contribution >= 4 is 16.9 Å². The molecule has 148 valence electrons. The SMILES string of the molecule is COCC(Cc1ccccc1)N(C)C(=O)NCCc1c[nH]c2ccc(F)cc12. The van der Waals surface area contributed by atoms with Crippen LogP contribution in [0.5, 0.6) is 0 Å². The summed E-state index contributed by atoms with van der Waals surface area (Å²) in [6, 6.07) is 14.5. The largest absolute Gasteiger partial charge is 0.383 e. The molecule has 3 aromatic rings. The number of H-pyrrole nitrogens is 1. The van der Waals surface area contributed by atoms with Gasteiger partial charge in [0.15, 0.2) is 0 Å². The highest BCUT2D eigenvalue weighted by Gasteiger charge is 2.20. The first kappa shape index (κ1) is 19.9. The van der Waals surface area contributed by atoms with Gasteiger partial charge in [-0.15, -0.1) is 0 Å². The molecule has 1 unspecified atom stereocenters. The van der Waals surface area contributed by atoms with E-state index in [0.717, 1.165) is 28.5 Å². The Morgan fingerprint density at radius 3 is 2.79 bits per heavy atom. The lowest BCUT2D eigenvalue weighted by molar-refractivity contribution is 0.115. The number of halogens is 1. The van der Waals surface area contributed by atoms with Crippen LogP contribution in [0.25, 0.3) is 10.9 Å².